The third-order valence-corrected chi connectivity index (χ3v) is 4.11. The van der Waals surface area contributed by atoms with E-state index in [0.29, 0.717) is 21.9 Å². The number of hydrogen-bond donors (Lipinski definition) is 0. The zero-order valence-electron chi connectivity index (χ0n) is 9.79. The molecule has 0 aliphatic heterocycles. The SMILES string of the molecule is C=CCn1c(SC(C)C#N)nc2sccc2c1=O. The lowest BCUT2D eigenvalue weighted by atomic mass is 10.4. The molecule has 0 saturated heterocycles. The van der Waals surface area contributed by atoms with E-state index in [0.717, 1.165) is 0 Å². The molecule has 2 aromatic heterocycles. The van der Waals surface area contributed by atoms with Crippen LogP contribution < -0.4 is 5.56 Å². The minimum absolute atomic E-state index is 0.0752. The molecule has 2 aromatic rings. The predicted molar refractivity (Wildman–Crippen MR) is 75.0 cm³/mol. The van der Waals surface area contributed by atoms with Gasteiger partial charge in [-0.1, -0.05) is 17.8 Å². The van der Waals surface area contributed by atoms with Crippen LogP contribution in [0.4, 0.5) is 0 Å². The highest BCUT2D eigenvalue weighted by molar-refractivity contribution is 8.00. The van der Waals surface area contributed by atoms with Crippen LogP contribution in [0.2, 0.25) is 0 Å². The summed E-state index contributed by atoms with van der Waals surface area (Å²) in [6.45, 7) is 5.83. The van der Waals surface area contributed by atoms with Crippen molar-refractivity contribution in [1.82, 2.24) is 9.55 Å². The first-order valence-electron chi connectivity index (χ1n) is 5.32. The van der Waals surface area contributed by atoms with Crippen molar-refractivity contribution in [3.8, 4) is 6.07 Å². The number of fused-ring (bicyclic) bond motifs is 1. The van der Waals surface area contributed by atoms with Crippen LogP contribution in [0, 0.1) is 11.3 Å². The van der Waals surface area contributed by atoms with E-state index in [1.165, 1.54) is 23.1 Å². The average molecular weight is 277 g/mol. The summed E-state index contributed by atoms with van der Waals surface area (Å²) >= 11 is 2.72. The molecule has 2 rings (SSSR count). The molecule has 0 spiro atoms. The highest BCUT2D eigenvalue weighted by Gasteiger charge is 2.14. The van der Waals surface area contributed by atoms with Gasteiger partial charge in [0.2, 0.25) is 0 Å². The maximum Gasteiger partial charge on any atom is 0.263 e. The van der Waals surface area contributed by atoms with Crippen LogP contribution in [0.1, 0.15) is 6.92 Å². The van der Waals surface area contributed by atoms with Crippen molar-refractivity contribution in [3.63, 3.8) is 0 Å². The third kappa shape index (κ3) is 2.33. The molecule has 0 saturated carbocycles. The molecule has 2 heterocycles. The highest BCUT2D eigenvalue weighted by atomic mass is 32.2. The van der Waals surface area contributed by atoms with Gasteiger partial charge in [-0.05, 0) is 18.4 Å². The number of hydrogen-bond acceptors (Lipinski definition) is 5. The van der Waals surface area contributed by atoms with Crippen molar-refractivity contribution < 1.29 is 0 Å². The summed E-state index contributed by atoms with van der Waals surface area (Å²) in [5, 5.41) is 11.7. The Kier molecular flexibility index (Phi) is 3.84. The first kappa shape index (κ1) is 12.9. The topological polar surface area (TPSA) is 58.7 Å². The van der Waals surface area contributed by atoms with E-state index in [-0.39, 0.29) is 10.8 Å². The first-order valence-corrected chi connectivity index (χ1v) is 7.08. The number of allylic oxidation sites excluding steroid dienone is 1. The lowest BCUT2D eigenvalue weighted by molar-refractivity contribution is 0.672. The summed E-state index contributed by atoms with van der Waals surface area (Å²) in [7, 11) is 0. The maximum absolute atomic E-state index is 12.3. The second-order valence-electron chi connectivity index (χ2n) is 3.63. The van der Waals surface area contributed by atoms with Gasteiger partial charge in [-0.3, -0.25) is 9.36 Å². The van der Waals surface area contributed by atoms with Gasteiger partial charge in [-0.2, -0.15) is 5.26 Å². The summed E-state index contributed by atoms with van der Waals surface area (Å²) < 4.78 is 1.56. The Hall–Kier alpha value is -1.58. The van der Waals surface area contributed by atoms with Gasteiger partial charge in [0.05, 0.1) is 16.7 Å². The lowest BCUT2D eigenvalue weighted by Crippen LogP contribution is -2.22. The van der Waals surface area contributed by atoms with Gasteiger partial charge >= 0.3 is 0 Å². The second kappa shape index (κ2) is 5.38. The Morgan fingerprint density at radius 2 is 2.56 bits per heavy atom. The molecule has 0 radical (unpaired) electrons. The van der Waals surface area contributed by atoms with E-state index in [2.05, 4.69) is 17.6 Å². The summed E-state index contributed by atoms with van der Waals surface area (Å²) in [6, 6.07) is 3.90. The van der Waals surface area contributed by atoms with Crippen molar-refractivity contribution in [3.05, 3.63) is 34.5 Å². The van der Waals surface area contributed by atoms with Gasteiger partial charge < -0.3 is 0 Å². The molecular formula is C12H11N3OS2. The number of nitrogens with zero attached hydrogens (tertiary/aromatic N) is 3. The number of aromatic nitrogens is 2. The van der Waals surface area contributed by atoms with E-state index in [1.54, 1.807) is 23.6 Å². The van der Waals surface area contributed by atoms with Gasteiger partial charge in [0.1, 0.15) is 4.83 Å². The molecule has 0 fully saturated rings. The molecule has 92 valence electrons. The van der Waals surface area contributed by atoms with Crippen molar-refractivity contribution in [2.75, 3.05) is 0 Å². The zero-order chi connectivity index (χ0) is 13.1. The van der Waals surface area contributed by atoms with Crippen LogP contribution in [0.25, 0.3) is 10.2 Å². The fourth-order valence-electron chi connectivity index (χ4n) is 1.49. The first-order chi connectivity index (χ1) is 8.67. The van der Waals surface area contributed by atoms with E-state index >= 15 is 0 Å². The van der Waals surface area contributed by atoms with Crippen LogP contribution in [-0.2, 0) is 6.54 Å². The third-order valence-electron chi connectivity index (χ3n) is 2.32. The monoisotopic (exact) mass is 277 g/mol. The van der Waals surface area contributed by atoms with Crippen LogP contribution in [0.15, 0.2) is 34.1 Å². The van der Waals surface area contributed by atoms with E-state index < -0.39 is 0 Å². The molecule has 0 N–H and O–H groups in total. The maximum atomic E-state index is 12.3. The van der Waals surface area contributed by atoms with E-state index in [9.17, 15) is 4.79 Å². The number of thioether (sulfide) groups is 1. The number of thiophene rings is 1. The molecular weight excluding hydrogens is 266 g/mol. The molecule has 18 heavy (non-hydrogen) atoms. The fourth-order valence-corrected chi connectivity index (χ4v) is 3.10. The lowest BCUT2D eigenvalue weighted by Gasteiger charge is -2.10. The minimum atomic E-state index is -0.245. The molecule has 0 aromatic carbocycles. The standard InChI is InChI=1S/C12H11N3OS2/c1-3-5-15-11(16)9-4-6-17-10(9)14-12(15)18-8(2)7-13/h3-4,6,8H,1,5H2,2H3. The van der Waals surface area contributed by atoms with Crippen LogP contribution in [0.5, 0.6) is 0 Å². The molecule has 1 unspecified atom stereocenters. The molecule has 0 aliphatic carbocycles. The Balaban J connectivity index is 2.62. The van der Waals surface area contributed by atoms with E-state index in [4.69, 9.17) is 5.26 Å². The van der Waals surface area contributed by atoms with Gasteiger partial charge in [0, 0.05) is 6.54 Å². The normalized spacial score (nSPS) is 12.2. The Bertz CT molecular complexity index is 681. The summed E-state index contributed by atoms with van der Waals surface area (Å²) in [5.74, 6) is 0. The molecule has 0 amide bonds. The molecule has 4 nitrogen and oxygen atoms in total. The molecule has 0 bridgehead atoms. The van der Waals surface area contributed by atoms with Crippen molar-refractivity contribution in [2.24, 2.45) is 0 Å². The van der Waals surface area contributed by atoms with Crippen molar-refractivity contribution in [2.45, 2.75) is 23.9 Å². The summed E-state index contributed by atoms with van der Waals surface area (Å²) in [5.41, 5.74) is -0.0752. The smallest absolute Gasteiger partial charge is 0.263 e. The van der Waals surface area contributed by atoms with Crippen LogP contribution in [-0.4, -0.2) is 14.8 Å². The van der Waals surface area contributed by atoms with Gasteiger partial charge in [0.25, 0.3) is 5.56 Å². The Morgan fingerprint density at radius 3 is 3.22 bits per heavy atom. The summed E-state index contributed by atoms with van der Waals surface area (Å²) in [4.78, 5) is 17.4. The molecule has 6 heteroatoms. The molecule has 1 atom stereocenters. The fraction of sp³-hybridized carbons (Fsp3) is 0.250. The quantitative estimate of drug-likeness (QED) is 0.490. The van der Waals surface area contributed by atoms with Crippen LogP contribution in [0.3, 0.4) is 0 Å². The van der Waals surface area contributed by atoms with Gasteiger partial charge in [0.15, 0.2) is 5.16 Å². The zero-order valence-corrected chi connectivity index (χ0v) is 11.4. The second-order valence-corrected chi connectivity index (χ2v) is 5.83. The van der Waals surface area contributed by atoms with Crippen LogP contribution >= 0.6 is 23.1 Å². The van der Waals surface area contributed by atoms with Gasteiger partial charge in [-0.25, -0.2) is 4.98 Å². The highest BCUT2D eigenvalue weighted by Crippen LogP contribution is 2.23. The largest absolute Gasteiger partial charge is 0.283 e. The minimum Gasteiger partial charge on any atom is -0.283 e. The van der Waals surface area contributed by atoms with Crippen molar-refractivity contribution in [1.29, 1.82) is 5.26 Å². The van der Waals surface area contributed by atoms with E-state index in [1.807, 2.05) is 5.38 Å². The Morgan fingerprint density at radius 1 is 1.78 bits per heavy atom. The molecule has 0 aliphatic rings. The predicted octanol–water partition coefficient (Wildman–Crippen LogP) is 2.65. The number of nitriles is 1. The summed E-state index contributed by atoms with van der Waals surface area (Å²) in [6.07, 6.45) is 1.66. The average Bonchev–Trinajstić information content (AvgIpc) is 2.82. The van der Waals surface area contributed by atoms with Gasteiger partial charge in [-0.15, -0.1) is 17.9 Å². The Labute approximate surface area is 113 Å². The van der Waals surface area contributed by atoms with Crippen molar-refractivity contribution >= 4 is 33.3 Å². The number of rotatable bonds is 4.